The first-order valence-corrected chi connectivity index (χ1v) is 11.1. The minimum atomic E-state index is -0.924. The minimum absolute atomic E-state index is 0.00861. The van der Waals surface area contributed by atoms with Gasteiger partial charge in [-0.2, -0.15) is 0 Å². The van der Waals surface area contributed by atoms with Crippen molar-refractivity contribution in [2.24, 2.45) is 0 Å². The Balaban J connectivity index is 2.40. The van der Waals surface area contributed by atoms with E-state index in [4.69, 9.17) is 14.2 Å². The normalized spacial score (nSPS) is 11.3. The molecule has 13 nitrogen and oxygen atoms in total. The molecule has 0 aromatic carbocycles. The molecule has 35 heavy (non-hydrogen) atoms. The second kappa shape index (κ2) is 13.0. The van der Waals surface area contributed by atoms with Crippen LogP contribution in [-0.2, 0) is 41.7 Å². The van der Waals surface area contributed by atoms with Crippen molar-refractivity contribution in [3.8, 4) is 0 Å². The number of unbranched alkanes of at least 4 members (excludes halogenated alkanes) is 1. The van der Waals surface area contributed by atoms with E-state index in [0.717, 1.165) is 15.2 Å². The van der Waals surface area contributed by atoms with Crippen molar-refractivity contribution in [3.05, 3.63) is 50.6 Å². The van der Waals surface area contributed by atoms with Crippen LogP contribution >= 0.6 is 0 Å². The number of esters is 3. The Labute approximate surface area is 200 Å². The molecule has 0 spiro atoms. The molecule has 0 atom stereocenters. The fraction of sp³-hybridized carbons (Fsp3) is 0.500. The van der Waals surface area contributed by atoms with Crippen LogP contribution in [0.1, 0.15) is 44.9 Å². The van der Waals surface area contributed by atoms with Gasteiger partial charge in [-0.1, -0.05) is 5.21 Å². The van der Waals surface area contributed by atoms with Crippen molar-refractivity contribution < 1.29 is 28.6 Å². The summed E-state index contributed by atoms with van der Waals surface area (Å²) < 4.78 is 18.1. The SMILES string of the molecule is CCOC(=O)/C=C(\C(=O)OCC)n1cc(C)c(=O)n(Cc2cnnn2CCCCOC(C)=O)c1=O. The molecule has 0 saturated carbocycles. The van der Waals surface area contributed by atoms with Gasteiger partial charge in [0.1, 0.15) is 5.70 Å². The molecule has 0 unspecified atom stereocenters. The van der Waals surface area contributed by atoms with Gasteiger partial charge in [-0.15, -0.1) is 5.10 Å². The molecule has 0 fully saturated rings. The summed E-state index contributed by atoms with van der Waals surface area (Å²) in [6.07, 6.45) is 4.66. The van der Waals surface area contributed by atoms with E-state index in [2.05, 4.69) is 10.3 Å². The molecule has 0 saturated heterocycles. The highest BCUT2D eigenvalue weighted by Crippen LogP contribution is 2.07. The Morgan fingerprint density at radius 3 is 2.43 bits per heavy atom. The lowest BCUT2D eigenvalue weighted by Crippen LogP contribution is -2.42. The van der Waals surface area contributed by atoms with E-state index < -0.39 is 23.2 Å². The fourth-order valence-electron chi connectivity index (χ4n) is 3.10. The standard InChI is InChI=1S/C22H29N5O8/c1-5-33-19(29)11-18(21(31)34-6-2)25-13-15(3)20(30)26(22(25)32)14-17-12-23-24-27(17)9-7-8-10-35-16(4)28/h11-13H,5-10,14H2,1-4H3/b18-11+. The summed E-state index contributed by atoms with van der Waals surface area (Å²) in [7, 11) is 0. The highest BCUT2D eigenvalue weighted by Gasteiger charge is 2.21. The second-order valence-corrected chi connectivity index (χ2v) is 7.35. The summed E-state index contributed by atoms with van der Waals surface area (Å²) in [5, 5.41) is 7.84. The van der Waals surface area contributed by atoms with Crippen LogP contribution in [0, 0.1) is 6.92 Å². The van der Waals surface area contributed by atoms with E-state index in [-0.39, 0.29) is 43.6 Å². The van der Waals surface area contributed by atoms with Crippen molar-refractivity contribution >= 4 is 23.6 Å². The highest BCUT2D eigenvalue weighted by molar-refractivity contribution is 6.14. The van der Waals surface area contributed by atoms with E-state index in [1.54, 1.807) is 13.8 Å². The number of aromatic nitrogens is 5. The van der Waals surface area contributed by atoms with Crippen LogP contribution < -0.4 is 11.2 Å². The van der Waals surface area contributed by atoms with Crippen LogP contribution in [0.5, 0.6) is 0 Å². The molecule has 2 heterocycles. The Morgan fingerprint density at radius 2 is 1.77 bits per heavy atom. The molecule has 2 aromatic rings. The van der Waals surface area contributed by atoms with E-state index >= 15 is 0 Å². The van der Waals surface area contributed by atoms with Crippen molar-refractivity contribution in [3.63, 3.8) is 0 Å². The third-order valence-electron chi connectivity index (χ3n) is 4.72. The maximum absolute atomic E-state index is 13.3. The average Bonchev–Trinajstić information content (AvgIpc) is 3.24. The Kier molecular flexibility index (Phi) is 10.1. The Bertz CT molecular complexity index is 1210. The Morgan fingerprint density at radius 1 is 1.06 bits per heavy atom. The van der Waals surface area contributed by atoms with E-state index in [1.807, 2.05) is 0 Å². The number of carbonyl (C=O) groups is 3. The lowest BCUT2D eigenvalue weighted by molar-refractivity contribution is -0.141. The van der Waals surface area contributed by atoms with Gasteiger partial charge in [0, 0.05) is 25.2 Å². The van der Waals surface area contributed by atoms with Crippen molar-refractivity contribution in [1.29, 1.82) is 0 Å². The number of nitrogens with zero attached hydrogens (tertiary/aromatic N) is 5. The molecule has 13 heteroatoms. The molecule has 2 aromatic heterocycles. The van der Waals surface area contributed by atoms with Crippen molar-refractivity contribution in [1.82, 2.24) is 24.1 Å². The van der Waals surface area contributed by atoms with Gasteiger partial charge in [-0.25, -0.2) is 19.1 Å². The molecule has 2 rings (SSSR count). The molecule has 0 radical (unpaired) electrons. The van der Waals surface area contributed by atoms with E-state index in [1.165, 1.54) is 30.9 Å². The zero-order valence-corrected chi connectivity index (χ0v) is 20.2. The number of hydrogen-bond acceptors (Lipinski definition) is 10. The third kappa shape index (κ3) is 7.48. The maximum atomic E-state index is 13.3. The smallest absolute Gasteiger partial charge is 0.355 e. The van der Waals surface area contributed by atoms with E-state index in [9.17, 15) is 24.0 Å². The summed E-state index contributed by atoms with van der Waals surface area (Å²) in [5.41, 5.74) is -1.19. The number of ether oxygens (including phenoxy) is 3. The third-order valence-corrected chi connectivity index (χ3v) is 4.72. The zero-order valence-electron chi connectivity index (χ0n) is 20.2. The van der Waals surface area contributed by atoms with Gasteiger partial charge in [0.25, 0.3) is 5.56 Å². The molecule has 190 valence electrons. The van der Waals surface area contributed by atoms with Gasteiger partial charge in [0.2, 0.25) is 0 Å². The van der Waals surface area contributed by atoms with Crippen LogP contribution in [-0.4, -0.2) is 61.9 Å². The number of hydrogen-bond donors (Lipinski definition) is 0. The number of aryl methyl sites for hydroxylation is 2. The topological polar surface area (TPSA) is 154 Å². The maximum Gasteiger partial charge on any atom is 0.355 e. The number of rotatable bonds is 12. The first-order chi connectivity index (χ1) is 16.7. The molecule has 0 aliphatic rings. The van der Waals surface area contributed by atoms with Gasteiger partial charge in [-0.3, -0.25) is 18.7 Å². The molecule has 0 bridgehead atoms. The van der Waals surface area contributed by atoms with Crippen LogP contribution in [0.3, 0.4) is 0 Å². The van der Waals surface area contributed by atoms with Gasteiger partial charge >= 0.3 is 23.6 Å². The molecule has 0 aliphatic carbocycles. The predicted octanol–water partition coefficient (Wildman–Crippen LogP) is 0.269. The summed E-state index contributed by atoms with van der Waals surface area (Å²) >= 11 is 0. The van der Waals surface area contributed by atoms with Crippen LogP contribution in [0.15, 0.2) is 28.1 Å². The molecule has 0 N–H and O–H groups in total. The minimum Gasteiger partial charge on any atom is -0.466 e. The lowest BCUT2D eigenvalue weighted by atomic mass is 10.3. The molecule has 0 amide bonds. The monoisotopic (exact) mass is 491 g/mol. The van der Waals surface area contributed by atoms with Gasteiger partial charge < -0.3 is 14.2 Å². The first kappa shape index (κ1) is 27.2. The first-order valence-electron chi connectivity index (χ1n) is 11.1. The lowest BCUT2D eigenvalue weighted by Gasteiger charge is -2.14. The van der Waals surface area contributed by atoms with Crippen molar-refractivity contribution in [2.75, 3.05) is 19.8 Å². The summed E-state index contributed by atoms with van der Waals surface area (Å²) in [5.74, 6) is -2.12. The summed E-state index contributed by atoms with van der Waals surface area (Å²) in [4.78, 5) is 61.5. The molecular weight excluding hydrogens is 462 g/mol. The van der Waals surface area contributed by atoms with Gasteiger partial charge in [-0.05, 0) is 33.6 Å². The number of carbonyl (C=O) groups excluding carboxylic acids is 3. The van der Waals surface area contributed by atoms with Crippen LogP contribution in [0.4, 0.5) is 0 Å². The van der Waals surface area contributed by atoms with E-state index in [0.29, 0.717) is 25.1 Å². The average molecular weight is 492 g/mol. The zero-order chi connectivity index (χ0) is 26.0. The predicted molar refractivity (Wildman–Crippen MR) is 122 cm³/mol. The van der Waals surface area contributed by atoms with Crippen LogP contribution in [0.25, 0.3) is 5.70 Å². The molecule has 0 aliphatic heterocycles. The van der Waals surface area contributed by atoms with Gasteiger partial charge in [0.05, 0.1) is 44.3 Å². The second-order valence-electron chi connectivity index (χ2n) is 7.35. The highest BCUT2D eigenvalue weighted by atomic mass is 16.5. The summed E-state index contributed by atoms with van der Waals surface area (Å²) in [6.45, 7) is 6.57. The van der Waals surface area contributed by atoms with Gasteiger partial charge in [0.15, 0.2) is 0 Å². The molecular formula is C22H29N5O8. The quantitative estimate of drug-likeness (QED) is 0.175. The van der Waals surface area contributed by atoms with Crippen LogP contribution in [0.2, 0.25) is 0 Å². The Hall–Kier alpha value is -4.03. The summed E-state index contributed by atoms with van der Waals surface area (Å²) in [6, 6.07) is 0. The van der Waals surface area contributed by atoms with Crippen molar-refractivity contribution in [2.45, 2.75) is 53.6 Å². The fourth-order valence-corrected chi connectivity index (χ4v) is 3.10. The largest absolute Gasteiger partial charge is 0.466 e.